The second kappa shape index (κ2) is 9.35. The van der Waals surface area contributed by atoms with E-state index < -0.39 is 25.0 Å². The fourth-order valence-corrected chi connectivity index (χ4v) is 5.12. The maximum absolute atomic E-state index is 15.6. The summed E-state index contributed by atoms with van der Waals surface area (Å²) >= 11 is 0. The van der Waals surface area contributed by atoms with Gasteiger partial charge in [-0.1, -0.05) is 0 Å². The Balaban J connectivity index is 1.63. The highest BCUT2D eigenvalue weighted by Crippen LogP contribution is 2.35. The van der Waals surface area contributed by atoms with Crippen molar-refractivity contribution >= 4 is 27.8 Å². The zero-order valence-electron chi connectivity index (χ0n) is 22.5. The Kier molecular flexibility index (Phi) is 6.01. The van der Waals surface area contributed by atoms with E-state index in [0.717, 1.165) is 0 Å². The van der Waals surface area contributed by atoms with Gasteiger partial charge in [0, 0.05) is 58.1 Å². The Hall–Kier alpha value is -4.88. The Morgan fingerprint density at radius 3 is 2.41 bits per heavy atom. The van der Waals surface area contributed by atoms with E-state index in [1.807, 2.05) is 0 Å². The smallest absolute Gasteiger partial charge is 0.383 e. The van der Waals surface area contributed by atoms with Gasteiger partial charge < -0.3 is 9.88 Å². The molecule has 0 bridgehead atoms. The van der Waals surface area contributed by atoms with Crippen molar-refractivity contribution in [1.82, 2.24) is 38.0 Å². The number of hydrogen-bond donors (Lipinski definition) is 1. The van der Waals surface area contributed by atoms with Gasteiger partial charge in [-0.25, -0.2) is 19.2 Å². The van der Waals surface area contributed by atoms with Gasteiger partial charge in [0.2, 0.25) is 0 Å². The molecule has 1 N–H and O–H groups in total. The van der Waals surface area contributed by atoms with Crippen LogP contribution in [0.15, 0.2) is 54.0 Å². The molecule has 0 spiro atoms. The zero-order chi connectivity index (χ0) is 29.2. The molecule has 2 aromatic carbocycles. The molecular formula is C27H25F4N9O. The van der Waals surface area contributed by atoms with Gasteiger partial charge in [0.25, 0.3) is 0 Å². The van der Waals surface area contributed by atoms with Crippen molar-refractivity contribution in [2.24, 2.45) is 28.2 Å². The summed E-state index contributed by atoms with van der Waals surface area (Å²) in [5.74, 6) is -0.0656. The summed E-state index contributed by atoms with van der Waals surface area (Å²) in [4.78, 5) is 21.9. The van der Waals surface area contributed by atoms with Crippen LogP contribution in [0.1, 0.15) is 6.42 Å². The van der Waals surface area contributed by atoms with Crippen molar-refractivity contribution in [1.29, 1.82) is 0 Å². The highest BCUT2D eigenvalue weighted by molar-refractivity contribution is 5.93. The molecule has 4 aromatic heterocycles. The predicted molar refractivity (Wildman–Crippen MR) is 146 cm³/mol. The van der Waals surface area contributed by atoms with Gasteiger partial charge >= 0.3 is 11.9 Å². The highest BCUT2D eigenvalue weighted by Gasteiger charge is 2.27. The van der Waals surface area contributed by atoms with E-state index in [0.29, 0.717) is 56.1 Å². The quantitative estimate of drug-likeness (QED) is 0.299. The van der Waals surface area contributed by atoms with E-state index in [4.69, 9.17) is 4.98 Å². The normalized spacial score (nSPS) is 12.2. The second-order valence-corrected chi connectivity index (χ2v) is 9.94. The van der Waals surface area contributed by atoms with Crippen molar-refractivity contribution in [3.05, 3.63) is 65.5 Å². The van der Waals surface area contributed by atoms with E-state index in [1.165, 1.54) is 15.2 Å². The summed E-state index contributed by atoms with van der Waals surface area (Å²) in [6.07, 6.45) is 1.07. The molecule has 0 atom stereocenters. The largest absolute Gasteiger partial charge is 0.390 e. The van der Waals surface area contributed by atoms with Crippen LogP contribution in [0.3, 0.4) is 0 Å². The first-order valence-electron chi connectivity index (χ1n) is 12.6. The lowest BCUT2D eigenvalue weighted by Crippen LogP contribution is -2.19. The molecule has 0 saturated carbocycles. The number of nitrogens with one attached hydrogen (secondary N) is 1. The molecule has 0 radical (unpaired) electrons. The molecule has 0 amide bonds. The highest BCUT2D eigenvalue weighted by atomic mass is 19.4. The van der Waals surface area contributed by atoms with Crippen LogP contribution in [0, 0.1) is 5.82 Å². The fourth-order valence-electron chi connectivity index (χ4n) is 5.12. The number of imidazole rings is 3. The summed E-state index contributed by atoms with van der Waals surface area (Å²) in [7, 11) is 6.68. The lowest BCUT2D eigenvalue weighted by molar-refractivity contribution is -0.131. The summed E-state index contributed by atoms with van der Waals surface area (Å²) in [6.45, 7) is -0.395. The molecule has 6 aromatic rings. The monoisotopic (exact) mass is 567 g/mol. The molecule has 0 saturated heterocycles. The van der Waals surface area contributed by atoms with Crippen LogP contribution >= 0.6 is 0 Å². The first kappa shape index (κ1) is 26.3. The number of aryl methyl sites for hydroxylation is 4. The molecule has 14 heteroatoms. The number of hydrogen-bond acceptors (Lipinski definition) is 5. The van der Waals surface area contributed by atoms with Gasteiger partial charge in [0.1, 0.15) is 11.5 Å². The second-order valence-electron chi connectivity index (χ2n) is 9.94. The van der Waals surface area contributed by atoms with Gasteiger partial charge in [0.15, 0.2) is 5.82 Å². The minimum absolute atomic E-state index is 0.322. The number of rotatable bonds is 6. The lowest BCUT2D eigenvalue weighted by Gasteiger charge is -2.15. The van der Waals surface area contributed by atoms with Crippen molar-refractivity contribution in [2.45, 2.75) is 12.6 Å². The average molecular weight is 568 g/mol. The summed E-state index contributed by atoms with van der Waals surface area (Å²) < 4.78 is 62.4. The standard InChI is InChI=1S/C27H25F4N9O/c1-36-14-32-12-23(36)25-35-19-9-17(15-11-34-37(2)13-15)18(28)10-21(19)40(25)16-7-20(33-6-5-27(29,30)31)24-22(8-16)38(3)26(41)39(24)4/h7-14,33H,5-6H2,1-4H3. The Labute approximate surface area is 230 Å². The van der Waals surface area contributed by atoms with Crippen LogP contribution in [-0.2, 0) is 28.2 Å². The van der Waals surface area contributed by atoms with Gasteiger partial charge in [0.05, 0.1) is 58.6 Å². The van der Waals surface area contributed by atoms with Gasteiger partial charge in [-0.05, 0) is 18.2 Å². The van der Waals surface area contributed by atoms with Gasteiger partial charge in [-0.3, -0.25) is 18.4 Å². The average Bonchev–Trinajstić information content (AvgIpc) is 3.66. The van der Waals surface area contributed by atoms with Gasteiger partial charge in [-0.2, -0.15) is 18.3 Å². The molecule has 0 aliphatic heterocycles. The molecule has 10 nitrogen and oxygen atoms in total. The number of nitrogens with zero attached hydrogens (tertiary/aromatic N) is 8. The number of anilines is 1. The van der Waals surface area contributed by atoms with Crippen molar-refractivity contribution < 1.29 is 17.6 Å². The van der Waals surface area contributed by atoms with Crippen molar-refractivity contribution in [2.75, 3.05) is 11.9 Å². The molecule has 0 fully saturated rings. The third-order valence-corrected chi connectivity index (χ3v) is 7.13. The van der Waals surface area contributed by atoms with Crippen molar-refractivity contribution in [3.63, 3.8) is 0 Å². The lowest BCUT2D eigenvalue weighted by atomic mass is 10.1. The molecule has 212 valence electrons. The molecule has 41 heavy (non-hydrogen) atoms. The van der Waals surface area contributed by atoms with E-state index in [-0.39, 0.29) is 5.69 Å². The first-order valence-corrected chi connectivity index (χ1v) is 12.6. The topological polar surface area (TPSA) is 92.4 Å². The zero-order valence-corrected chi connectivity index (χ0v) is 22.5. The van der Waals surface area contributed by atoms with Crippen LogP contribution in [0.5, 0.6) is 0 Å². The van der Waals surface area contributed by atoms with Crippen LogP contribution in [0.25, 0.3) is 50.4 Å². The molecule has 0 aliphatic rings. The number of alkyl halides is 3. The fraction of sp³-hybridized carbons (Fsp3) is 0.259. The Bertz CT molecular complexity index is 2010. The molecule has 0 aliphatic carbocycles. The van der Waals surface area contributed by atoms with Crippen molar-refractivity contribution in [3.8, 4) is 28.3 Å². The predicted octanol–water partition coefficient (Wildman–Crippen LogP) is 4.52. The molecule has 4 heterocycles. The first-order chi connectivity index (χ1) is 19.4. The summed E-state index contributed by atoms with van der Waals surface area (Å²) in [6, 6.07) is 6.39. The third kappa shape index (κ3) is 4.44. The van der Waals surface area contributed by atoms with E-state index >= 15 is 4.39 Å². The number of aromatic nitrogens is 8. The molecular weight excluding hydrogens is 542 g/mol. The van der Waals surface area contributed by atoms with Crippen LogP contribution in [-0.4, -0.2) is 50.7 Å². The maximum Gasteiger partial charge on any atom is 0.390 e. The van der Waals surface area contributed by atoms with Gasteiger partial charge in [-0.15, -0.1) is 0 Å². The van der Waals surface area contributed by atoms with E-state index in [9.17, 15) is 18.0 Å². The SMILES string of the molecule is Cn1cc(-c2cc3nc(-c4cncn4C)n(-c4cc(NCCC(F)(F)F)c5c(c4)n(C)c(=O)n5C)c3cc2F)cn1. The number of halogens is 4. The Morgan fingerprint density at radius 1 is 0.976 bits per heavy atom. The molecule has 0 unspecified atom stereocenters. The van der Waals surface area contributed by atoms with Crippen LogP contribution in [0.4, 0.5) is 23.2 Å². The van der Waals surface area contributed by atoms with E-state index in [1.54, 1.807) is 85.1 Å². The summed E-state index contributed by atoms with van der Waals surface area (Å²) in [5, 5.41) is 7.00. The minimum atomic E-state index is -4.36. The number of benzene rings is 2. The Morgan fingerprint density at radius 2 is 1.76 bits per heavy atom. The molecule has 6 rings (SSSR count). The minimum Gasteiger partial charge on any atom is -0.383 e. The van der Waals surface area contributed by atoms with Crippen LogP contribution in [0.2, 0.25) is 0 Å². The maximum atomic E-state index is 15.6. The summed E-state index contributed by atoms with van der Waals surface area (Å²) in [5.41, 5.74) is 3.82. The van der Waals surface area contributed by atoms with Crippen LogP contribution < -0.4 is 11.0 Å². The van der Waals surface area contributed by atoms with E-state index in [2.05, 4.69) is 15.4 Å². The number of fused-ring (bicyclic) bond motifs is 2. The third-order valence-electron chi connectivity index (χ3n) is 7.13.